The Labute approximate surface area is 252 Å². The van der Waals surface area contributed by atoms with Crippen molar-refractivity contribution in [1.29, 1.82) is 0 Å². The minimum absolute atomic E-state index is 0.244. The van der Waals surface area contributed by atoms with E-state index in [4.69, 9.17) is 4.98 Å². The summed E-state index contributed by atoms with van der Waals surface area (Å²) in [5.41, 5.74) is 7.82. The molecule has 7 heteroatoms. The molecule has 43 heavy (non-hydrogen) atoms. The number of H-pyrrole nitrogens is 1. The third kappa shape index (κ3) is 5.56. The highest BCUT2D eigenvalue weighted by Crippen LogP contribution is 2.59. The molecule has 7 rings (SSSR count). The van der Waals surface area contributed by atoms with Crippen molar-refractivity contribution >= 4 is 5.78 Å². The van der Waals surface area contributed by atoms with Crippen molar-refractivity contribution in [2.45, 2.75) is 71.3 Å². The molecule has 7 nitrogen and oxygen atoms in total. The van der Waals surface area contributed by atoms with Gasteiger partial charge < -0.3 is 4.57 Å². The largest absolute Gasteiger partial charge is 0.321 e. The van der Waals surface area contributed by atoms with E-state index in [1.165, 1.54) is 32.1 Å². The summed E-state index contributed by atoms with van der Waals surface area (Å²) in [6, 6.07) is 25.4. The topological polar surface area (TPSA) is 89.4 Å². The first-order valence-electron chi connectivity index (χ1n) is 15.7. The van der Waals surface area contributed by atoms with Crippen molar-refractivity contribution in [2.75, 3.05) is 0 Å². The maximum Gasteiger partial charge on any atom is 0.205 e. The lowest BCUT2D eigenvalue weighted by Gasteiger charge is -2.54. The molecule has 218 valence electrons. The lowest BCUT2D eigenvalue weighted by Crippen LogP contribution is -2.43. The molecule has 1 spiro atoms. The summed E-state index contributed by atoms with van der Waals surface area (Å²) in [4.78, 5) is 18.3. The number of hydrogen-bond acceptors (Lipinski definition) is 5. The third-order valence-electron chi connectivity index (χ3n) is 9.63. The maximum atomic E-state index is 13.5. The van der Waals surface area contributed by atoms with E-state index in [0.29, 0.717) is 30.1 Å². The maximum absolute atomic E-state index is 13.5. The van der Waals surface area contributed by atoms with Gasteiger partial charge >= 0.3 is 0 Å². The lowest BCUT2D eigenvalue weighted by atomic mass is 9.51. The number of imidazole rings is 1. The molecule has 2 aromatic heterocycles. The van der Waals surface area contributed by atoms with Crippen molar-refractivity contribution in [3.05, 3.63) is 96.1 Å². The highest BCUT2D eigenvalue weighted by atomic mass is 16.1. The smallest absolute Gasteiger partial charge is 0.205 e. The summed E-state index contributed by atoms with van der Waals surface area (Å²) in [7, 11) is 0. The van der Waals surface area contributed by atoms with Gasteiger partial charge in [0.25, 0.3) is 0 Å². The van der Waals surface area contributed by atoms with E-state index in [1.54, 1.807) is 0 Å². The zero-order chi connectivity index (χ0) is 29.2. The average molecular weight is 571 g/mol. The number of benzene rings is 3. The van der Waals surface area contributed by atoms with Crippen LogP contribution in [0.4, 0.5) is 0 Å². The highest BCUT2D eigenvalue weighted by Gasteiger charge is 2.48. The van der Waals surface area contributed by atoms with Crippen LogP contribution in [0.25, 0.3) is 33.6 Å². The van der Waals surface area contributed by atoms with Crippen molar-refractivity contribution in [1.82, 2.24) is 30.2 Å². The molecule has 2 aliphatic rings. The molecule has 2 fully saturated rings. The molecule has 0 radical (unpaired) electrons. The highest BCUT2D eigenvalue weighted by molar-refractivity contribution is 5.94. The van der Waals surface area contributed by atoms with Gasteiger partial charge in [0, 0.05) is 24.9 Å². The number of nitrogens with one attached hydrogen (secondary N) is 1. The molecule has 2 heterocycles. The van der Waals surface area contributed by atoms with Gasteiger partial charge in [0.1, 0.15) is 11.5 Å². The van der Waals surface area contributed by atoms with Crippen LogP contribution in [0.1, 0.15) is 80.2 Å². The zero-order valence-electron chi connectivity index (χ0n) is 24.8. The first-order chi connectivity index (χ1) is 21.1. The summed E-state index contributed by atoms with van der Waals surface area (Å²) in [5, 5.41) is 14.9. The van der Waals surface area contributed by atoms with Crippen LogP contribution in [0, 0.1) is 11.3 Å². The van der Waals surface area contributed by atoms with E-state index in [-0.39, 0.29) is 5.78 Å². The number of tetrazole rings is 1. The van der Waals surface area contributed by atoms with E-state index in [2.05, 4.69) is 98.8 Å². The SMILES string of the molecule is CCCCc1ncc(C(=O)CC2CC3(CCC3)C2)n1Cc1ccc(-c2cc(-c3ccccc3)ccc2-c2nn[nH]n2)cc1. The second-order valence-electron chi connectivity index (χ2n) is 12.6. The van der Waals surface area contributed by atoms with Crippen LogP contribution < -0.4 is 0 Å². The molecule has 2 aliphatic carbocycles. The van der Waals surface area contributed by atoms with Gasteiger partial charge in [-0.15, -0.1) is 10.2 Å². The van der Waals surface area contributed by atoms with Gasteiger partial charge in [0.2, 0.25) is 5.82 Å². The van der Waals surface area contributed by atoms with E-state index in [0.717, 1.165) is 64.2 Å². The van der Waals surface area contributed by atoms with E-state index >= 15 is 0 Å². The standard InChI is InChI=1S/C36H38N6O/c1-2-3-10-34-37-23-32(33(43)19-26-21-36(22-26)17-7-18-36)42(34)24-25-11-13-28(14-12-25)31-20-29(27-8-5-4-6-9-27)15-16-30(31)35-38-40-41-39-35/h4-6,8-9,11-16,20,23,26H,2-3,7,10,17-19,21-22,24H2,1H3,(H,38,39,40,41). The zero-order valence-corrected chi connectivity index (χ0v) is 24.8. The Morgan fingerprint density at radius 3 is 2.44 bits per heavy atom. The minimum Gasteiger partial charge on any atom is -0.321 e. The van der Waals surface area contributed by atoms with Crippen LogP contribution in [0.5, 0.6) is 0 Å². The number of carbonyl (C=O) groups is 1. The second kappa shape index (κ2) is 11.7. The first-order valence-corrected chi connectivity index (χ1v) is 15.7. The number of unbranched alkanes of at least 4 members (excludes halogenated alkanes) is 1. The number of hydrogen-bond donors (Lipinski definition) is 1. The molecule has 5 aromatic rings. The lowest BCUT2D eigenvalue weighted by molar-refractivity contribution is -0.0249. The van der Waals surface area contributed by atoms with Crippen LogP contribution in [-0.4, -0.2) is 36.0 Å². The normalized spacial score (nSPS) is 15.7. The molecule has 3 aromatic carbocycles. The molecule has 0 bridgehead atoms. The molecule has 0 atom stereocenters. The van der Waals surface area contributed by atoms with Crippen LogP contribution in [0.3, 0.4) is 0 Å². The van der Waals surface area contributed by atoms with Crippen molar-refractivity contribution in [3.8, 4) is 33.6 Å². The number of rotatable bonds is 11. The fraction of sp³-hybridized carbons (Fsp3) is 0.361. The molecule has 0 saturated heterocycles. The quantitative estimate of drug-likeness (QED) is 0.163. The Morgan fingerprint density at radius 1 is 0.953 bits per heavy atom. The van der Waals surface area contributed by atoms with Gasteiger partial charge in [-0.05, 0) is 88.6 Å². The van der Waals surface area contributed by atoms with E-state index in [9.17, 15) is 4.79 Å². The fourth-order valence-electron chi connectivity index (χ4n) is 7.14. The third-order valence-corrected chi connectivity index (χ3v) is 9.63. The fourth-order valence-corrected chi connectivity index (χ4v) is 7.14. The monoisotopic (exact) mass is 570 g/mol. The van der Waals surface area contributed by atoms with Crippen LogP contribution >= 0.6 is 0 Å². The summed E-state index contributed by atoms with van der Waals surface area (Å²) < 4.78 is 2.17. The van der Waals surface area contributed by atoms with Gasteiger partial charge in [-0.25, -0.2) is 4.98 Å². The first kappa shape index (κ1) is 27.4. The number of ketones is 1. The molecular weight excluding hydrogens is 532 g/mol. The number of nitrogens with zero attached hydrogens (tertiary/aromatic N) is 5. The van der Waals surface area contributed by atoms with Crippen LogP contribution in [0.2, 0.25) is 0 Å². The molecule has 2 saturated carbocycles. The minimum atomic E-state index is 0.244. The summed E-state index contributed by atoms with van der Waals surface area (Å²) >= 11 is 0. The van der Waals surface area contributed by atoms with Crippen LogP contribution in [-0.2, 0) is 13.0 Å². The van der Waals surface area contributed by atoms with E-state index < -0.39 is 0 Å². The Balaban J connectivity index is 1.15. The number of Topliss-reactive ketones (excluding diaryl/α,β-unsaturated/α-hetero) is 1. The number of aromatic amines is 1. The van der Waals surface area contributed by atoms with Gasteiger partial charge in [-0.1, -0.05) is 80.4 Å². The van der Waals surface area contributed by atoms with Crippen molar-refractivity contribution < 1.29 is 4.79 Å². The molecule has 0 aliphatic heterocycles. The number of aryl methyl sites for hydroxylation is 1. The molecular formula is C36H38N6O. The number of aromatic nitrogens is 6. The predicted molar refractivity (Wildman–Crippen MR) is 168 cm³/mol. The summed E-state index contributed by atoms with van der Waals surface area (Å²) in [6.45, 7) is 2.83. The van der Waals surface area contributed by atoms with Gasteiger partial charge in [0.05, 0.1) is 6.20 Å². The second-order valence-corrected chi connectivity index (χ2v) is 12.6. The average Bonchev–Trinajstić information content (AvgIpc) is 3.68. The van der Waals surface area contributed by atoms with Gasteiger partial charge in [-0.3, -0.25) is 4.79 Å². The van der Waals surface area contributed by atoms with Crippen LogP contribution in [0.15, 0.2) is 79.0 Å². The predicted octanol–water partition coefficient (Wildman–Crippen LogP) is 7.94. The van der Waals surface area contributed by atoms with E-state index in [1.807, 2.05) is 12.3 Å². The van der Waals surface area contributed by atoms with Gasteiger partial charge in [0.15, 0.2) is 5.78 Å². The Bertz CT molecular complexity index is 1690. The van der Waals surface area contributed by atoms with Gasteiger partial charge in [-0.2, -0.15) is 5.21 Å². The van der Waals surface area contributed by atoms with Crippen molar-refractivity contribution in [2.24, 2.45) is 11.3 Å². The molecule has 0 amide bonds. The Kier molecular flexibility index (Phi) is 7.47. The Hall–Kier alpha value is -4.39. The number of carbonyl (C=O) groups excluding carboxylic acids is 1. The summed E-state index contributed by atoms with van der Waals surface area (Å²) in [6.07, 6.45) is 12.1. The summed E-state index contributed by atoms with van der Waals surface area (Å²) in [5.74, 6) is 2.35. The Morgan fingerprint density at radius 2 is 1.74 bits per heavy atom. The molecule has 1 N–H and O–H groups in total. The van der Waals surface area contributed by atoms with Crippen molar-refractivity contribution in [3.63, 3.8) is 0 Å². The molecule has 0 unspecified atom stereocenters.